The second-order valence-electron chi connectivity index (χ2n) is 4.87. The van der Waals surface area contributed by atoms with Crippen molar-refractivity contribution in [2.24, 2.45) is 5.73 Å². The van der Waals surface area contributed by atoms with Gasteiger partial charge in [0.25, 0.3) is 5.91 Å². The van der Waals surface area contributed by atoms with Crippen LogP contribution in [0.1, 0.15) is 16.7 Å². The van der Waals surface area contributed by atoms with Gasteiger partial charge in [-0.25, -0.2) is 0 Å². The molecule has 4 nitrogen and oxygen atoms in total. The maximum absolute atomic E-state index is 11.3. The highest BCUT2D eigenvalue weighted by Gasteiger charge is 2.10. The van der Waals surface area contributed by atoms with Crippen LogP contribution in [0.5, 0.6) is 5.75 Å². The first-order valence-electron chi connectivity index (χ1n) is 6.87. The Balaban J connectivity index is 2.50. The van der Waals surface area contributed by atoms with Crippen LogP contribution >= 0.6 is 15.9 Å². The number of nitrogens with two attached hydrogens (primary N) is 1. The fourth-order valence-electron chi connectivity index (χ4n) is 2.16. The van der Waals surface area contributed by atoms with Crippen LogP contribution in [0.2, 0.25) is 0 Å². The van der Waals surface area contributed by atoms with Crippen molar-refractivity contribution in [3.63, 3.8) is 0 Å². The van der Waals surface area contributed by atoms with Crippen molar-refractivity contribution in [2.45, 2.75) is 6.42 Å². The van der Waals surface area contributed by atoms with Crippen molar-refractivity contribution in [3.05, 3.63) is 69.2 Å². The molecule has 0 atom stereocenters. The van der Waals surface area contributed by atoms with Crippen molar-refractivity contribution in [1.82, 2.24) is 0 Å². The molecule has 0 radical (unpaired) electrons. The molecule has 0 saturated carbocycles. The van der Waals surface area contributed by atoms with E-state index in [9.17, 15) is 4.79 Å². The molecule has 0 aliphatic carbocycles. The van der Waals surface area contributed by atoms with Crippen LogP contribution in [-0.2, 0) is 11.2 Å². The highest BCUT2D eigenvalue weighted by Crippen LogP contribution is 2.26. The predicted octanol–water partition coefficient (Wildman–Crippen LogP) is 3.44. The molecule has 0 aromatic heterocycles. The molecule has 2 rings (SSSR count). The molecule has 0 saturated heterocycles. The zero-order valence-electron chi connectivity index (χ0n) is 12.5. The quantitative estimate of drug-likeness (QED) is 0.646. The van der Waals surface area contributed by atoms with Crippen molar-refractivity contribution in [2.75, 3.05) is 7.11 Å². The normalized spacial score (nSPS) is 10.9. The highest BCUT2D eigenvalue weighted by atomic mass is 79.9. The Morgan fingerprint density at radius 1 is 1.30 bits per heavy atom. The Labute approximate surface area is 143 Å². The third-order valence-corrected chi connectivity index (χ3v) is 4.15. The van der Waals surface area contributed by atoms with E-state index in [4.69, 9.17) is 15.7 Å². The summed E-state index contributed by atoms with van der Waals surface area (Å²) in [7, 11) is 1.59. The minimum Gasteiger partial charge on any atom is -0.497 e. The second-order valence-corrected chi connectivity index (χ2v) is 5.72. The number of primary amides is 1. The zero-order chi connectivity index (χ0) is 16.8. The first-order valence-corrected chi connectivity index (χ1v) is 7.66. The van der Waals surface area contributed by atoms with Gasteiger partial charge in [-0.2, -0.15) is 5.26 Å². The number of halogens is 1. The van der Waals surface area contributed by atoms with E-state index in [1.54, 1.807) is 13.2 Å². The van der Waals surface area contributed by atoms with Crippen LogP contribution in [0.15, 0.2) is 52.5 Å². The van der Waals surface area contributed by atoms with Crippen LogP contribution < -0.4 is 10.5 Å². The van der Waals surface area contributed by atoms with Crippen molar-refractivity contribution >= 4 is 27.9 Å². The van der Waals surface area contributed by atoms with Gasteiger partial charge in [0, 0.05) is 4.47 Å². The van der Waals surface area contributed by atoms with Gasteiger partial charge >= 0.3 is 0 Å². The van der Waals surface area contributed by atoms with Crippen LogP contribution in [0.3, 0.4) is 0 Å². The van der Waals surface area contributed by atoms with Gasteiger partial charge < -0.3 is 10.5 Å². The fourth-order valence-corrected chi connectivity index (χ4v) is 2.59. The summed E-state index contributed by atoms with van der Waals surface area (Å²) in [5.41, 5.74) is 7.92. The van der Waals surface area contributed by atoms with Crippen LogP contribution in [0.25, 0.3) is 6.08 Å². The van der Waals surface area contributed by atoms with E-state index in [0.717, 1.165) is 21.2 Å². The number of nitriles is 1. The number of amides is 1. The number of ether oxygens (including phenoxy) is 1. The Morgan fingerprint density at radius 2 is 2.04 bits per heavy atom. The molecule has 2 N–H and O–H groups in total. The number of nitrogens with zero attached hydrogens (tertiary/aromatic N) is 1. The smallest absolute Gasteiger partial charge is 0.259 e. The van der Waals surface area contributed by atoms with E-state index >= 15 is 0 Å². The molecule has 5 heteroatoms. The van der Waals surface area contributed by atoms with Gasteiger partial charge in [0.2, 0.25) is 0 Å². The SMILES string of the molecule is COc1ccc(/C=C(\C#N)C(N)=O)c(Cc2ccccc2Br)c1. The lowest BCUT2D eigenvalue weighted by molar-refractivity contribution is -0.114. The van der Waals surface area contributed by atoms with E-state index in [1.807, 2.05) is 42.5 Å². The summed E-state index contributed by atoms with van der Waals surface area (Å²) >= 11 is 3.53. The van der Waals surface area contributed by atoms with E-state index in [-0.39, 0.29) is 5.57 Å². The number of methoxy groups -OCH3 is 1. The molecular formula is C18H15BrN2O2. The van der Waals surface area contributed by atoms with Gasteiger partial charge in [0.15, 0.2) is 0 Å². The van der Waals surface area contributed by atoms with Gasteiger partial charge in [-0.15, -0.1) is 0 Å². The van der Waals surface area contributed by atoms with E-state index < -0.39 is 5.91 Å². The minimum atomic E-state index is -0.741. The molecule has 0 fully saturated rings. The standard InChI is InChI=1S/C18H15BrN2O2/c1-23-16-7-6-12(8-15(11-20)18(21)22)14(10-16)9-13-4-2-3-5-17(13)19/h2-8,10H,9H2,1H3,(H2,21,22)/b15-8+. The lowest BCUT2D eigenvalue weighted by Gasteiger charge is -2.11. The van der Waals surface area contributed by atoms with Crippen LogP contribution in [0, 0.1) is 11.3 Å². The zero-order valence-corrected chi connectivity index (χ0v) is 14.1. The summed E-state index contributed by atoms with van der Waals surface area (Å²) in [4.78, 5) is 11.3. The summed E-state index contributed by atoms with van der Waals surface area (Å²) in [6, 6.07) is 15.2. The van der Waals surface area contributed by atoms with Gasteiger partial charge in [0.1, 0.15) is 17.4 Å². The number of rotatable bonds is 5. The fraction of sp³-hybridized carbons (Fsp3) is 0.111. The average molecular weight is 371 g/mol. The molecule has 116 valence electrons. The van der Waals surface area contributed by atoms with Crippen molar-refractivity contribution in [3.8, 4) is 11.8 Å². The van der Waals surface area contributed by atoms with Crippen molar-refractivity contribution < 1.29 is 9.53 Å². The van der Waals surface area contributed by atoms with E-state index in [0.29, 0.717) is 12.2 Å². The summed E-state index contributed by atoms with van der Waals surface area (Å²) in [5.74, 6) is -0.0306. The summed E-state index contributed by atoms with van der Waals surface area (Å²) < 4.78 is 6.26. The molecule has 1 amide bonds. The van der Waals surface area contributed by atoms with Gasteiger partial charge in [-0.1, -0.05) is 40.2 Å². The van der Waals surface area contributed by atoms with Crippen molar-refractivity contribution in [1.29, 1.82) is 5.26 Å². The molecule has 0 aliphatic heterocycles. The Kier molecular flexibility index (Phi) is 5.56. The number of benzene rings is 2. The maximum Gasteiger partial charge on any atom is 0.259 e. The average Bonchev–Trinajstić information content (AvgIpc) is 2.55. The van der Waals surface area contributed by atoms with Gasteiger partial charge in [0.05, 0.1) is 7.11 Å². The lowest BCUT2D eigenvalue weighted by Crippen LogP contribution is -2.12. The number of hydrogen-bond donors (Lipinski definition) is 1. The van der Waals surface area contributed by atoms with Crippen LogP contribution in [0.4, 0.5) is 0 Å². The third-order valence-electron chi connectivity index (χ3n) is 3.37. The monoisotopic (exact) mass is 370 g/mol. The topological polar surface area (TPSA) is 76.1 Å². The molecule has 0 bridgehead atoms. The number of carbonyl (C=O) groups excluding carboxylic acids is 1. The molecule has 23 heavy (non-hydrogen) atoms. The Bertz CT molecular complexity index is 807. The summed E-state index contributed by atoms with van der Waals surface area (Å²) in [6.45, 7) is 0. The molecular weight excluding hydrogens is 356 g/mol. The molecule has 0 heterocycles. The predicted molar refractivity (Wildman–Crippen MR) is 92.7 cm³/mol. The molecule has 2 aromatic rings. The Morgan fingerprint density at radius 3 is 2.65 bits per heavy atom. The van der Waals surface area contributed by atoms with Gasteiger partial charge in [-0.3, -0.25) is 4.79 Å². The Hall–Kier alpha value is -2.58. The first-order chi connectivity index (χ1) is 11.0. The summed E-state index contributed by atoms with van der Waals surface area (Å²) in [6.07, 6.45) is 2.13. The number of hydrogen-bond acceptors (Lipinski definition) is 3. The summed E-state index contributed by atoms with van der Waals surface area (Å²) in [5, 5.41) is 9.03. The highest BCUT2D eigenvalue weighted by molar-refractivity contribution is 9.10. The van der Waals surface area contributed by atoms with Gasteiger partial charge in [-0.05, 0) is 47.4 Å². The minimum absolute atomic E-state index is 0.0801. The number of carbonyl (C=O) groups is 1. The van der Waals surface area contributed by atoms with E-state index in [1.165, 1.54) is 6.08 Å². The molecule has 0 unspecified atom stereocenters. The van der Waals surface area contributed by atoms with E-state index in [2.05, 4.69) is 15.9 Å². The third kappa shape index (κ3) is 4.21. The first kappa shape index (κ1) is 16.8. The lowest BCUT2D eigenvalue weighted by atomic mass is 9.98. The molecule has 0 spiro atoms. The second kappa shape index (κ2) is 7.61. The maximum atomic E-state index is 11.3. The molecule has 0 aliphatic rings. The largest absolute Gasteiger partial charge is 0.497 e. The molecule has 2 aromatic carbocycles. The van der Waals surface area contributed by atoms with Crippen LogP contribution in [-0.4, -0.2) is 13.0 Å².